The van der Waals surface area contributed by atoms with Crippen molar-refractivity contribution in [3.05, 3.63) is 56.9 Å². The maximum atomic E-state index is 11.8. The molecule has 2 N–H and O–H groups in total. The molecule has 1 unspecified atom stereocenters. The van der Waals surface area contributed by atoms with E-state index in [2.05, 4.69) is 22.6 Å². The van der Waals surface area contributed by atoms with Gasteiger partial charge in [0.1, 0.15) is 17.1 Å². The summed E-state index contributed by atoms with van der Waals surface area (Å²) in [6.07, 6.45) is -0.764. The number of benzene rings is 2. The van der Waals surface area contributed by atoms with Gasteiger partial charge in [0.05, 0.1) is 28.4 Å². The number of aliphatic hydroxyl groups is 1. The molecule has 3 aromatic rings. The summed E-state index contributed by atoms with van der Waals surface area (Å²) < 4.78 is 11.6. The molecule has 0 aliphatic carbocycles. The Morgan fingerprint density at radius 1 is 1.31 bits per heavy atom. The van der Waals surface area contributed by atoms with Gasteiger partial charge in [-0.05, 0) is 66.3 Å². The molecule has 7 heteroatoms. The summed E-state index contributed by atoms with van der Waals surface area (Å²) in [5.74, 6) is 0.455. The van der Waals surface area contributed by atoms with Crippen LogP contribution in [-0.4, -0.2) is 36.4 Å². The van der Waals surface area contributed by atoms with Gasteiger partial charge >= 0.3 is 5.97 Å². The molecule has 2 aromatic carbocycles. The van der Waals surface area contributed by atoms with Gasteiger partial charge in [-0.2, -0.15) is 0 Å². The van der Waals surface area contributed by atoms with Crippen LogP contribution in [0.1, 0.15) is 29.9 Å². The lowest BCUT2D eigenvalue weighted by molar-refractivity contribution is -0.142. The lowest BCUT2D eigenvalue weighted by Gasteiger charge is -2.24. The van der Waals surface area contributed by atoms with Gasteiger partial charge in [0, 0.05) is 24.5 Å². The number of phenols is 1. The summed E-state index contributed by atoms with van der Waals surface area (Å²) >= 11 is 2.20. The Labute approximate surface area is 183 Å². The number of fused-ring (bicyclic) bond motifs is 1. The number of likely N-dealkylation sites (N-methyl/N-ethyl adjacent to an activating group) is 1. The lowest BCUT2D eigenvalue weighted by Crippen LogP contribution is -2.24. The molecule has 1 atom stereocenters. The third-order valence-corrected chi connectivity index (χ3v) is 5.50. The summed E-state index contributed by atoms with van der Waals surface area (Å²) in [6.45, 7) is 4.21. The fourth-order valence-electron chi connectivity index (χ4n) is 3.31. The summed E-state index contributed by atoms with van der Waals surface area (Å²) in [5.41, 5.74) is 2.63. The molecule has 6 nitrogen and oxygen atoms in total. The van der Waals surface area contributed by atoms with E-state index in [-0.39, 0.29) is 24.7 Å². The van der Waals surface area contributed by atoms with Gasteiger partial charge in [-0.3, -0.25) is 4.79 Å². The van der Waals surface area contributed by atoms with Crippen LogP contribution >= 0.6 is 22.6 Å². The van der Waals surface area contributed by atoms with Crippen LogP contribution in [0.2, 0.25) is 0 Å². The molecular formula is C22H24INO5. The second-order valence-corrected chi connectivity index (χ2v) is 8.10. The topological polar surface area (TPSA) is 83.1 Å². The van der Waals surface area contributed by atoms with E-state index in [1.807, 2.05) is 25.1 Å². The molecule has 3 rings (SSSR count). The Kier molecular flexibility index (Phi) is 6.69. The predicted molar refractivity (Wildman–Crippen MR) is 120 cm³/mol. The molecule has 0 aliphatic heterocycles. The molecule has 0 amide bonds. The number of para-hydroxylation sites is 1. The minimum absolute atomic E-state index is 0.00138. The number of aliphatic hydroxyl groups excluding tert-OH is 1. The number of hydrogen-bond acceptors (Lipinski definition) is 6. The summed E-state index contributed by atoms with van der Waals surface area (Å²) in [4.78, 5) is 13.5. The van der Waals surface area contributed by atoms with Gasteiger partial charge in [-0.25, -0.2) is 0 Å². The first kappa shape index (κ1) is 21.4. The van der Waals surface area contributed by atoms with Crippen LogP contribution in [-0.2, 0) is 16.0 Å². The summed E-state index contributed by atoms with van der Waals surface area (Å²) in [5, 5.41) is 22.3. The normalized spacial score (nSPS) is 12.2. The van der Waals surface area contributed by atoms with Crippen molar-refractivity contribution in [2.24, 2.45) is 0 Å². The first-order valence-electron chi connectivity index (χ1n) is 9.35. The fourth-order valence-corrected chi connectivity index (χ4v) is 4.09. The molecule has 0 fully saturated rings. The zero-order valence-electron chi connectivity index (χ0n) is 16.6. The van der Waals surface area contributed by atoms with Crippen molar-refractivity contribution in [1.29, 1.82) is 0 Å². The number of anilines is 1. The molecule has 154 valence electrons. The van der Waals surface area contributed by atoms with E-state index < -0.39 is 6.10 Å². The number of carbonyl (C=O) groups excluding carboxylic acids is 1. The first-order chi connectivity index (χ1) is 13.8. The third kappa shape index (κ3) is 4.84. The van der Waals surface area contributed by atoms with Crippen LogP contribution in [0.4, 0.5) is 5.69 Å². The Balaban J connectivity index is 1.79. The fraction of sp³-hybridized carbons (Fsp3) is 0.318. The van der Waals surface area contributed by atoms with Gasteiger partial charge in [-0.15, -0.1) is 0 Å². The number of nitrogens with zero attached hydrogens (tertiary/aromatic N) is 1. The highest BCUT2D eigenvalue weighted by atomic mass is 127. The van der Waals surface area contributed by atoms with E-state index in [9.17, 15) is 15.0 Å². The minimum Gasteiger partial charge on any atom is -0.505 e. The molecule has 1 heterocycles. The predicted octanol–water partition coefficient (Wildman–Crippen LogP) is 4.33. The van der Waals surface area contributed by atoms with Crippen molar-refractivity contribution in [3.8, 4) is 5.75 Å². The van der Waals surface area contributed by atoms with E-state index in [1.165, 1.54) is 0 Å². The van der Waals surface area contributed by atoms with Crippen LogP contribution in [0, 0.1) is 10.5 Å². The Bertz CT molecular complexity index is 1030. The first-order valence-corrected chi connectivity index (χ1v) is 10.4. The molecule has 0 spiro atoms. The third-order valence-electron chi connectivity index (χ3n) is 4.70. The quantitative estimate of drug-likeness (QED) is 0.365. The average molecular weight is 509 g/mol. The summed E-state index contributed by atoms with van der Waals surface area (Å²) in [7, 11) is 1.79. The van der Waals surface area contributed by atoms with E-state index in [1.54, 1.807) is 37.1 Å². The highest BCUT2D eigenvalue weighted by Crippen LogP contribution is 2.33. The minimum atomic E-state index is -0.763. The van der Waals surface area contributed by atoms with Gasteiger partial charge in [-0.1, -0.05) is 12.1 Å². The van der Waals surface area contributed by atoms with Gasteiger partial charge in [0.25, 0.3) is 0 Å². The highest BCUT2D eigenvalue weighted by molar-refractivity contribution is 14.1. The van der Waals surface area contributed by atoms with Gasteiger partial charge < -0.3 is 24.3 Å². The Morgan fingerprint density at radius 3 is 2.79 bits per heavy atom. The van der Waals surface area contributed by atoms with E-state index in [0.29, 0.717) is 17.9 Å². The molecule has 1 aromatic heterocycles. The van der Waals surface area contributed by atoms with Crippen molar-refractivity contribution in [2.75, 3.05) is 25.1 Å². The Hall–Kier alpha value is -2.26. The van der Waals surface area contributed by atoms with Crippen molar-refractivity contribution in [3.63, 3.8) is 0 Å². The number of hydrogen-bond donors (Lipinski definition) is 2. The van der Waals surface area contributed by atoms with Crippen molar-refractivity contribution in [1.82, 2.24) is 0 Å². The lowest BCUT2D eigenvalue weighted by atomic mass is 10.1. The summed E-state index contributed by atoms with van der Waals surface area (Å²) in [6, 6.07) is 11.0. The zero-order valence-corrected chi connectivity index (χ0v) is 18.8. The molecule has 0 saturated carbocycles. The number of rotatable bonds is 7. The van der Waals surface area contributed by atoms with Crippen molar-refractivity contribution >= 4 is 45.2 Å². The largest absolute Gasteiger partial charge is 0.505 e. The SMILES string of the molecule is CCOC(=O)Cc1cccc(N(C)CC(O)c2cc(I)c3oc(C)cc3c2)c1O. The molecule has 29 heavy (non-hydrogen) atoms. The van der Waals surface area contributed by atoms with Crippen LogP contribution in [0.3, 0.4) is 0 Å². The zero-order chi connectivity index (χ0) is 21.1. The number of esters is 1. The Morgan fingerprint density at radius 2 is 2.07 bits per heavy atom. The van der Waals surface area contributed by atoms with Crippen molar-refractivity contribution in [2.45, 2.75) is 26.4 Å². The van der Waals surface area contributed by atoms with Crippen LogP contribution < -0.4 is 4.90 Å². The number of phenolic OH excluding ortho intramolecular Hbond substituents is 1. The van der Waals surface area contributed by atoms with E-state index in [4.69, 9.17) is 9.15 Å². The average Bonchev–Trinajstić information content (AvgIpc) is 3.04. The molecular weight excluding hydrogens is 485 g/mol. The number of ether oxygens (including phenoxy) is 1. The number of furan rings is 1. The molecule has 0 aliphatic rings. The van der Waals surface area contributed by atoms with Crippen LogP contribution in [0.5, 0.6) is 5.75 Å². The smallest absolute Gasteiger partial charge is 0.310 e. The van der Waals surface area contributed by atoms with Crippen LogP contribution in [0.15, 0.2) is 40.8 Å². The molecule has 0 radical (unpaired) electrons. The van der Waals surface area contributed by atoms with E-state index in [0.717, 1.165) is 25.9 Å². The van der Waals surface area contributed by atoms with Crippen molar-refractivity contribution < 1.29 is 24.2 Å². The highest BCUT2D eigenvalue weighted by Gasteiger charge is 2.18. The van der Waals surface area contributed by atoms with E-state index >= 15 is 0 Å². The monoisotopic (exact) mass is 509 g/mol. The molecule has 0 bridgehead atoms. The second kappa shape index (κ2) is 9.04. The number of carbonyl (C=O) groups is 1. The maximum absolute atomic E-state index is 11.8. The van der Waals surface area contributed by atoms with Gasteiger partial charge in [0.2, 0.25) is 0 Å². The second-order valence-electron chi connectivity index (χ2n) is 6.94. The molecule has 0 saturated heterocycles. The standard InChI is InChI=1S/C22H24INO5/c1-4-28-20(26)11-14-6-5-7-18(21(14)27)24(3)12-19(25)15-9-16-8-13(2)29-22(16)17(23)10-15/h5-10,19,25,27H,4,11-12H2,1-3H3. The van der Waals surface area contributed by atoms with Crippen LogP contribution in [0.25, 0.3) is 11.0 Å². The maximum Gasteiger partial charge on any atom is 0.310 e. The van der Waals surface area contributed by atoms with Gasteiger partial charge in [0.15, 0.2) is 0 Å². The number of aromatic hydroxyl groups is 1. The number of aryl methyl sites for hydroxylation is 1. The number of halogens is 1.